The molecule has 0 spiro atoms. The zero-order valence-electron chi connectivity index (χ0n) is 10.3. The molecule has 0 saturated carbocycles. The van der Waals surface area contributed by atoms with Gasteiger partial charge in [0.2, 0.25) is 5.91 Å². The van der Waals surface area contributed by atoms with Crippen molar-refractivity contribution in [3.63, 3.8) is 0 Å². The van der Waals surface area contributed by atoms with Crippen LogP contribution in [0.15, 0.2) is 30.3 Å². The van der Waals surface area contributed by atoms with Crippen LogP contribution in [0.1, 0.15) is 24.3 Å². The lowest BCUT2D eigenvalue weighted by Gasteiger charge is -2.17. The maximum atomic E-state index is 11.5. The zero-order valence-corrected chi connectivity index (χ0v) is 10.3. The standard InChI is InChI=1S/C13H19NO3/c1-14(17-2)13(16)9-8-12(10-15)11-6-4-3-5-7-11/h3-7,12,15H,8-10H2,1-2H3. The van der Waals surface area contributed by atoms with E-state index in [-0.39, 0.29) is 18.4 Å². The van der Waals surface area contributed by atoms with Gasteiger partial charge in [-0.3, -0.25) is 9.63 Å². The molecule has 1 amide bonds. The Balaban J connectivity index is 2.51. The first-order valence-electron chi connectivity index (χ1n) is 5.65. The molecule has 17 heavy (non-hydrogen) atoms. The highest BCUT2D eigenvalue weighted by Gasteiger charge is 2.14. The number of carbonyl (C=O) groups is 1. The zero-order chi connectivity index (χ0) is 12.7. The molecule has 1 aromatic carbocycles. The molecule has 4 nitrogen and oxygen atoms in total. The monoisotopic (exact) mass is 237 g/mol. The van der Waals surface area contributed by atoms with E-state index in [2.05, 4.69) is 0 Å². The molecule has 0 aliphatic carbocycles. The molecule has 94 valence electrons. The van der Waals surface area contributed by atoms with Gasteiger partial charge in [-0.15, -0.1) is 0 Å². The van der Waals surface area contributed by atoms with Gasteiger partial charge in [-0.05, 0) is 12.0 Å². The number of hydroxylamine groups is 2. The van der Waals surface area contributed by atoms with E-state index in [4.69, 9.17) is 4.84 Å². The molecule has 0 aliphatic rings. The minimum absolute atomic E-state index is 0.00501. The van der Waals surface area contributed by atoms with Gasteiger partial charge in [0.15, 0.2) is 0 Å². The van der Waals surface area contributed by atoms with Crippen LogP contribution in [0, 0.1) is 0 Å². The van der Waals surface area contributed by atoms with Gasteiger partial charge in [-0.2, -0.15) is 0 Å². The number of nitrogens with zero attached hydrogens (tertiary/aromatic N) is 1. The lowest BCUT2D eigenvalue weighted by Crippen LogP contribution is -2.25. The molecule has 1 N–H and O–H groups in total. The quantitative estimate of drug-likeness (QED) is 0.764. The van der Waals surface area contributed by atoms with E-state index < -0.39 is 0 Å². The van der Waals surface area contributed by atoms with Crippen molar-refractivity contribution >= 4 is 5.91 Å². The molecule has 1 unspecified atom stereocenters. The van der Waals surface area contributed by atoms with Gasteiger partial charge in [0.25, 0.3) is 0 Å². The van der Waals surface area contributed by atoms with Gasteiger partial charge in [0, 0.05) is 26.0 Å². The van der Waals surface area contributed by atoms with Crippen molar-refractivity contribution in [3.8, 4) is 0 Å². The maximum absolute atomic E-state index is 11.5. The SMILES string of the molecule is CON(C)C(=O)CCC(CO)c1ccccc1. The summed E-state index contributed by atoms with van der Waals surface area (Å²) in [6.07, 6.45) is 0.984. The number of amides is 1. The van der Waals surface area contributed by atoms with E-state index in [1.165, 1.54) is 12.2 Å². The molecule has 0 fully saturated rings. The maximum Gasteiger partial charge on any atom is 0.245 e. The van der Waals surface area contributed by atoms with Crippen LogP contribution in [-0.2, 0) is 9.63 Å². The summed E-state index contributed by atoms with van der Waals surface area (Å²) < 4.78 is 0. The predicted octanol–water partition coefficient (Wildman–Crippen LogP) is 1.56. The average Bonchev–Trinajstić information content (AvgIpc) is 2.39. The summed E-state index contributed by atoms with van der Waals surface area (Å²) >= 11 is 0. The largest absolute Gasteiger partial charge is 0.396 e. The van der Waals surface area contributed by atoms with Gasteiger partial charge < -0.3 is 5.11 Å². The van der Waals surface area contributed by atoms with Crippen molar-refractivity contribution in [1.82, 2.24) is 5.06 Å². The molecule has 1 rings (SSSR count). The fourth-order valence-corrected chi connectivity index (χ4v) is 1.65. The van der Waals surface area contributed by atoms with Crippen LogP contribution >= 0.6 is 0 Å². The average molecular weight is 237 g/mol. The third-order valence-corrected chi connectivity index (χ3v) is 2.82. The molecular formula is C13H19NO3. The van der Waals surface area contributed by atoms with Gasteiger partial charge in [0.05, 0.1) is 7.11 Å². The van der Waals surface area contributed by atoms with Crippen LogP contribution in [0.3, 0.4) is 0 Å². The van der Waals surface area contributed by atoms with Crippen molar-refractivity contribution in [2.45, 2.75) is 18.8 Å². The van der Waals surface area contributed by atoms with Crippen molar-refractivity contribution in [2.75, 3.05) is 20.8 Å². The first kappa shape index (κ1) is 13.7. The number of hydrogen-bond acceptors (Lipinski definition) is 3. The number of rotatable bonds is 6. The Bertz CT molecular complexity index is 340. The third kappa shape index (κ3) is 4.17. The lowest BCUT2D eigenvalue weighted by molar-refractivity contribution is -0.168. The van der Waals surface area contributed by atoms with Gasteiger partial charge in [-0.1, -0.05) is 30.3 Å². The fourth-order valence-electron chi connectivity index (χ4n) is 1.65. The summed E-state index contributed by atoms with van der Waals surface area (Å²) in [5.41, 5.74) is 1.06. The second-order valence-electron chi connectivity index (χ2n) is 3.90. The highest BCUT2D eigenvalue weighted by Crippen LogP contribution is 2.20. The highest BCUT2D eigenvalue weighted by molar-refractivity contribution is 5.74. The van der Waals surface area contributed by atoms with Crippen LogP contribution in [0.25, 0.3) is 0 Å². The van der Waals surface area contributed by atoms with E-state index in [0.29, 0.717) is 12.8 Å². The molecule has 1 atom stereocenters. The lowest BCUT2D eigenvalue weighted by atomic mass is 9.95. The number of carbonyl (C=O) groups excluding carboxylic acids is 1. The van der Waals surface area contributed by atoms with Gasteiger partial charge in [-0.25, -0.2) is 5.06 Å². The normalized spacial score (nSPS) is 12.2. The molecule has 0 saturated heterocycles. The Labute approximate surface area is 102 Å². The smallest absolute Gasteiger partial charge is 0.245 e. The minimum atomic E-state index is -0.0816. The molecular weight excluding hydrogens is 218 g/mol. The number of benzene rings is 1. The van der Waals surface area contributed by atoms with Gasteiger partial charge >= 0.3 is 0 Å². The Hall–Kier alpha value is -1.39. The van der Waals surface area contributed by atoms with E-state index in [9.17, 15) is 9.90 Å². The topological polar surface area (TPSA) is 49.8 Å². The first-order chi connectivity index (χ1) is 8.19. The first-order valence-corrected chi connectivity index (χ1v) is 5.65. The third-order valence-electron chi connectivity index (χ3n) is 2.82. The van der Waals surface area contributed by atoms with Crippen molar-refractivity contribution in [3.05, 3.63) is 35.9 Å². The summed E-state index contributed by atoms with van der Waals surface area (Å²) in [4.78, 5) is 16.3. The van der Waals surface area contributed by atoms with Crippen LogP contribution in [0.4, 0.5) is 0 Å². The van der Waals surface area contributed by atoms with Crippen LogP contribution in [0.2, 0.25) is 0 Å². The molecule has 0 aromatic heterocycles. The summed E-state index contributed by atoms with van der Waals surface area (Å²) in [5, 5.41) is 10.5. The van der Waals surface area contributed by atoms with E-state index in [0.717, 1.165) is 5.56 Å². The minimum Gasteiger partial charge on any atom is -0.396 e. The summed E-state index contributed by atoms with van der Waals surface area (Å²) in [6, 6.07) is 9.72. The van der Waals surface area contributed by atoms with Crippen molar-refractivity contribution in [2.24, 2.45) is 0 Å². The molecule has 4 heteroatoms. The number of aliphatic hydroxyl groups excluding tert-OH is 1. The second kappa shape index (κ2) is 7.04. The van der Waals surface area contributed by atoms with Crippen LogP contribution in [-0.4, -0.2) is 36.8 Å². The summed E-state index contributed by atoms with van der Waals surface area (Å²) in [6.45, 7) is 0.0496. The molecule has 0 radical (unpaired) electrons. The number of hydrogen-bond donors (Lipinski definition) is 1. The Kier molecular flexibility index (Phi) is 5.66. The molecule has 0 aliphatic heterocycles. The Morgan fingerprint density at radius 2 is 2.06 bits per heavy atom. The molecule has 0 bridgehead atoms. The summed E-state index contributed by atoms with van der Waals surface area (Å²) in [5.74, 6) is -0.0766. The molecule has 1 aromatic rings. The van der Waals surface area contributed by atoms with E-state index in [1.54, 1.807) is 7.05 Å². The fraction of sp³-hybridized carbons (Fsp3) is 0.462. The second-order valence-corrected chi connectivity index (χ2v) is 3.90. The van der Waals surface area contributed by atoms with E-state index >= 15 is 0 Å². The van der Waals surface area contributed by atoms with Crippen LogP contribution < -0.4 is 0 Å². The van der Waals surface area contributed by atoms with Crippen molar-refractivity contribution in [1.29, 1.82) is 0 Å². The Morgan fingerprint density at radius 1 is 1.41 bits per heavy atom. The van der Waals surface area contributed by atoms with Crippen molar-refractivity contribution < 1.29 is 14.7 Å². The van der Waals surface area contributed by atoms with Crippen LogP contribution in [0.5, 0.6) is 0 Å². The summed E-state index contributed by atoms with van der Waals surface area (Å²) in [7, 11) is 3.04. The highest BCUT2D eigenvalue weighted by atomic mass is 16.7. The van der Waals surface area contributed by atoms with Gasteiger partial charge in [0.1, 0.15) is 0 Å². The van der Waals surface area contributed by atoms with E-state index in [1.807, 2.05) is 30.3 Å². The Morgan fingerprint density at radius 3 is 2.59 bits per heavy atom. The number of aliphatic hydroxyl groups is 1. The molecule has 0 heterocycles. The predicted molar refractivity (Wildman–Crippen MR) is 65.3 cm³/mol.